The quantitative estimate of drug-likeness (QED) is 0.602. The summed E-state index contributed by atoms with van der Waals surface area (Å²) in [6, 6.07) is -1.33. The maximum Gasteiger partial charge on any atom is 0.329 e. The van der Waals surface area contributed by atoms with E-state index in [0.29, 0.717) is 5.57 Å². The second kappa shape index (κ2) is 4.12. The van der Waals surface area contributed by atoms with Crippen LogP contribution in [0.3, 0.4) is 0 Å². The maximum absolute atomic E-state index is 11.7. The molecule has 1 unspecified atom stereocenters. The van der Waals surface area contributed by atoms with Crippen LogP contribution in [0.15, 0.2) is 12.2 Å². The summed E-state index contributed by atoms with van der Waals surface area (Å²) in [6.45, 7) is 8.96. The summed E-state index contributed by atoms with van der Waals surface area (Å²) in [5, 5.41) is 2.50. The number of carbonyl (C=O) groups excluding carboxylic acids is 2. The highest BCUT2D eigenvalue weighted by molar-refractivity contribution is 5.92. The van der Waals surface area contributed by atoms with Crippen LogP contribution >= 0.6 is 0 Å². The smallest absolute Gasteiger partial charge is 0.329 e. The van der Waals surface area contributed by atoms with E-state index in [1.165, 1.54) is 0 Å². The van der Waals surface area contributed by atoms with Gasteiger partial charge in [0, 0.05) is 5.92 Å². The van der Waals surface area contributed by atoms with Crippen molar-refractivity contribution < 1.29 is 14.6 Å². The van der Waals surface area contributed by atoms with Gasteiger partial charge >= 0.3 is 5.91 Å². The van der Waals surface area contributed by atoms with E-state index in [2.05, 4.69) is 11.9 Å². The first kappa shape index (κ1) is 11.9. The largest absolute Gasteiger partial charge is 0.461 e. The number of nitrogens with one attached hydrogen (secondary N) is 3. The van der Waals surface area contributed by atoms with Crippen LogP contribution < -0.4 is 10.3 Å². The highest BCUT2D eigenvalue weighted by Crippen LogP contribution is 2.06. The third-order valence-electron chi connectivity index (χ3n) is 2.57. The summed E-state index contributed by atoms with van der Waals surface area (Å²) in [5.74, 6) is 7.07. The molecule has 0 spiro atoms. The first-order valence-corrected chi connectivity index (χ1v) is 4.94. The van der Waals surface area contributed by atoms with E-state index in [0.717, 1.165) is 0 Å². The number of piperazine rings is 1. The fraction of sp³-hybridized carbons (Fsp3) is 0.600. The minimum Gasteiger partial charge on any atom is -0.461 e. The second-order valence-corrected chi connectivity index (χ2v) is 4.29. The normalized spacial score (nSPS) is 31.7. The lowest BCUT2D eigenvalue weighted by molar-refractivity contribution is -0.792. The lowest BCUT2D eigenvalue weighted by Gasteiger charge is -2.38. The van der Waals surface area contributed by atoms with Gasteiger partial charge in [-0.2, -0.15) is 0 Å². The zero-order valence-electron chi connectivity index (χ0n) is 9.26. The van der Waals surface area contributed by atoms with Crippen molar-refractivity contribution in [3.63, 3.8) is 0 Å². The summed E-state index contributed by atoms with van der Waals surface area (Å²) in [4.78, 5) is 23.4. The number of amides is 2. The first-order chi connectivity index (χ1) is 6.86. The third-order valence-corrected chi connectivity index (χ3v) is 2.57. The molecule has 2 amide bonds. The summed E-state index contributed by atoms with van der Waals surface area (Å²) < 4.78 is 0. The van der Waals surface area contributed by atoms with Gasteiger partial charge in [-0.3, -0.25) is 4.79 Å². The van der Waals surface area contributed by atoms with Crippen molar-refractivity contribution in [2.45, 2.75) is 32.9 Å². The SMILES string of the molecule is C=C(C)[C@@H]1NC(=O)[C@H](C(C)C)[NH+]([NH-])C1=O. The Morgan fingerprint density at radius 1 is 1.53 bits per heavy atom. The molecule has 1 rings (SSSR count). The molecule has 15 heavy (non-hydrogen) atoms. The van der Waals surface area contributed by atoms with Gasteiger partial charge in [-0.25, -0.2) is 4.79 Å². The highest BCUT2D eigenvalue weighted by atomic mass is 16.2. The van der Waals surface area contributed by atoms with E-state index in [4.69, 9.17) is 5.84 Å². The Kier molecular flexibility index (Phi) is 3.26. The molecule has 0 aromatic carbocycles. The summed E-state index contributed by atoms with van der Waals surface area (Å²) >= 11 is 0. The van der Waals surface area contributed by atoms with Crippen LogP contribution in [0.4, 0.5) is 0 Å². The van der Waals surface area contributed by atoms with Gasteiger partial charge in [0.25, 0.3) is 5.91 Å². The molecule has 0 aromatic heterocycles. The van der Waals surface area contributed by atoms with Crippen molar-refractivity contribution in [3.05, 3.63) is 18.0 Å². The average Bonchev–Trinajstić information content (AvgIpc) is 2.10. The summed E-state index contributed by atoms with van der Waals surface area (Å²) in [5.41, 5.74) is 0.570. The summed E-state index contributed by atoms with van der Waals surface area (Å²) in [6.07, 6.45) is 0. The van der Waals surface area contributed by atoms with E-state index in [1.807, 2.05) is 13.8 Å². The van der Waals surface area contributed by atoms with E-state index in [9.17, 15) is 9.59 Å². The molecule has 5 nitrogen and oxygen atoms in total. The Labute approximate surface area is 89.3 Å². The lowest BCUT2D eigenvalue weighted by atomic mass is 9.97. The van der Waals surface area contributed by atoms with Gasteiger partial charge in [-0.15, -0.1) is 0 Å². The zero-order valence-corrected chi connectivity index (χ0v) is 9.26. The Balaban J connectivity index is 2.94. The monoisotopic (exact) mass is 211 g/mol. The van der Waals surface area contributed by atoms with E-state index >= 15 is 0 Å². The van der Waals surface area contributed by atoms with Crippen LogP contribution in [0.1, 0.15) is 20.8 Å². The van der Waals surface area contributed by atoms with Crippen molar-refractivity contribution >= 4 is 11.8 Å². The highest BCUT2D eigenvalue weighted by Gasteiger charge is 2.42. The maximum atomic E-state index is 11.7. The van der Waals surface area contributed by atoms with Crippen LogP contribution in [0.25, 0.3) is 5.84 Å². The third kappa shape index (κ3) is 2.08. The van der Waals surface area contributed by atoms with Crippen molar-refractivity contribution in [1.82, 2.24) is 5.32 Å². The van der Waals surface area contributed by atoms with E-state index in [-0.39, 0.29) is 22.7 Å². The molecule has 1 fully saturated rings. The van der Waals surface area contributed by atoms with E-state index in [1.54, 1.807) is 6.92 Å². The van der Waals surface area contributed by atoms with Crippen molar-refractivity contribution in [2.75, 3.05) is 0 Å². The van der Waals surface area contributed by atoms with Gasteiger partial charge in [-0.1, -0.05) is 20.4 Å². The van der Waals surface area contributed by atoms with Gasteiger partial charge in [0.15, 0.2) is 12.1 Å². The van der Waals surface area contributed by atoms with Gasteiger partial charge in [-0.05, 0) is 12.5 Å². The minimum atomic E-state index is -0.708. The van der Waals surface area contributed by atoms with E-state index < -0.39 is 12.1 Å². The molecule has 3 N–H and O–H groups in total. The molecule has 1 aliphatic rings. The molecule has 5 heteroatoms. The lowest BCUT2D eigenvalue weighted by Crippen LogP contribution is -3.18. The fourth-order valence-electron chi connectivity index (χ4n) is 1.72. The standard InChI is InChI=1S/C10H17N3O2/c1-5(2)7-10(15)13(11)8(6(3)4)9(14)12-7/h6-8,11,13H,1H2,2-4H3,(H,12,14)/t7-,8-/m0/s1. The number of rotatable bonds is 2. The molecule has 3 atom stereocenters. The molecule has 0 radical (unpaired) electrons. The van der Waals surface area contributed by atoms with Crippen LogP contribution in [-0.4, -0.2) is 23.9 Å². The topological polar surface area (TPSA) is 74.4 Å². The fourth-order valence-corrected chi connectivity index (χ4v) is 1.72. The molecule has 0 bridgehead atoms. The van der Waals surface area contributed by atoms with Gasteiger partial charge < -0.3 is 16.2 Å². The minimum absolute atomic E-state index is 0.0347. The van der Waals surface area contributed by atoms with Crippen molar-refractivity contribution in [2.24, 2.45) is 5.92 Å². The van der Waals surface area contributed by atoms with Crippen LogP contribution in [-0.2, 0) is 9.59 Å². The van der Waals surface area contributed by atoms with Crippen molar-refractivity contribution in [3.8, 4) is 0 Å². The Morgan fingerprint density at radius 3 is 2.47 bits per heavy atom. The zero-order chi connectivity index (χ0) is 11.7. The molecule has 0 aliphatic carbocycles. The first-order valence-electron chi connectivity index (χ1n) is 4.94. The van der Waals surface area contributed by atoms with Gasteiger partial charge in [0.1, 0.15) is 0 Å². The predicted molar refractivity (Wildman–Crippen MR) is 55.7 cm³/mol. The Morgan fingerprint density at radius 2 is 2.07 bits per heavy atom. The molecular formula is C10H17N3O2. The van der Waals surface area contributed by atoms with Gasteiger partial charge in [0.2, 0.25) is 0 Å². The number of hydrogen-bond acceptors (Lipinski definition) is 2. The summed E-state index contributed by atoms with van der Waals surface area (Å²) in [7, 11) is 0. The number of hydrogen-bond donors (Lipinski definition) is 2. The van der Waals surface area contributed by atoms with Gasteiger partial charge in [0.05, 0.1) is 0 Å². The Bertz CT molecular complexity index is 312. The molecule has 84 valence electrons. The average molecular weight is 211 g/mol. The molecule has 1 aliphatic heterocycles. The molecule has 1 heterocycles. The predicted octanol–water partition coefficient (Wildman–Crippen LogP) is -0.536. The number of quaternary nitrogens is 1. The van der Waals surface area contributed by atoms with Crippen molar-refractivity contribution in [1.29, 1.82) is 0 Å². The molecule has 0 saturated carbocycles. The molecular weight excluding hydrogens is 194 g/mol. The Hall–Kier alpha value is -1.20. The van der Waals surface area contributed by atoms with Crippen LogP contribution in [0, 0.1) is 5.92 Å². The van der Waals surface area contributed by atoms with Crippen LogP contribution in [0.5, 0.6) is 0 Å². The van der Waals surface area contributed by atoms with Crippen LogP contribution in [0.2, 0.25) is 0 Å². The molecule has 0 aromatic rings. The number of carbonyl (C=O) groups is 2. The second-order valence-electron chi connectivity index (χ2n) is 4.29. The molecule has 1 saturated heterocycles.